The number of carbonyl (C=O) groups excluding carboxylic acids is 1. The van der Waals surface area contributed by atoms with Crippen LogP contribution in [0.15, 0.2) is 0 Å². The van der Waals surface area contributed by atoms with Crippen LogP contribution in [0.5, 0.6) is 0 Å². The predicted molar refractivity (Wildman–Crippen MR) is 73.9 cm³/mol. The second kappa shape index (κ2) is 6.79. The third kappa shape index (κ3) is 5.35. The van der Waals surface area contributed by atoms with Crippen LogP contribution in [0.4, 0.5) is 0 Å². The molecule has 1 amide bonds. The Kier molecular flexibility index (Phi) is 5.68. The Morgan fingerprint density at radius 3 is 2.29 bits per heavy atom. The molecule has 98 valence electrons. The first-order valence-electron chi connectivity index (χ1n) is 6.36. The van der Waals surface area contributed by atoms with Gasteiger partial charge in [0.25, 0.3) is 0 Å². The van der Waals surface area contributed by atoms with Crippen LogP contribution in [-0.2, 0) is 4.79 Å². The molecule has 0 saturated heterocycles. The van der Waals surface area contributed by atoms with E-state index in [0.717, 1.165) is 0 Å². The van der Waals surface area contributed by atoms with Crippen LogP contribution in [0.1, 0.15) is 46.5 Å². The zero-order valence-corrected chi connectivity index (χ0v) is 11.7. The lowest BCUT2D eigenvalue weighted by Crippen LogP contribution is -2.51. The van der Waals surface area contributed by atoms with Crippen molar-refractivity contribution < 1.29 is 4.79 Å². The number of amides is 1. The lowest BCUT2D eigenvalue weighted by molar-refractivity contribution is -0.122. The maximum absolute atomic E-state index is 11.7. The number of thiocarbonyl (C=S) groups is 1. The summed E-state index contributed by atoms with van der Waals surface area (Å²) < 4.78 is 0. The van der Waals surface area contributed by atoms with Crippen molar-refractivity contribution in [3.05, 3.63) is 0 Å². The average Bonchev–Trinajstić information content (AvgIpc) is 2.68. The van der Waals surface area contributed by atoms with Crippen molar-refractivity contribution in [2.24, 2.45) is 0 Å². The van der Waals surface area contributed by atoms with Gasteiger partial charge in [0, 0.05) is 12.1 Å². The summed E-state index contributed by atoms with van der Waals surface area (Å²) in [5.74, 6) is -0.0180. The maximum Gasteiger partial charge on any atom is 0.242 e. The zero-order valence-electron chi connectivity index (χ0n) is 10.9. The summed E-state index contributed by atoms with van der Waals surface area (Å²) >= 11 is 5.20. The summed E-state index contributed by atoms with van der Waals surface area (Å²) in [6.07, 6.45) is 4.89. The topological polar surface area (TPSA) is 53.2 Å². The summed E-state index contributed by atoms with van der Waals surface area (Å²) in [6.45, 7) is 5.71. The minimum absolute atomic E-state index is 0.0180. The largest absolute Gasteiger partial charge is 0.360 e. The highest BCUT2D eigenvalue weighted by atomic mass is 32.1. The molecule has 0 aromatic rings. The van der Waals surface area contributed by atoms with Crippen LogP contribution >= 0.6 is 12.2 Å². The molecule has 0 spiro atoms. The fraction of sp³-hybridized carbons (Fsp3) is 0.833. The van der Waals surface area contributed by atoms with Gasteiger partial charge in [-0.1, -0.05) is 12.8 Å². The van der Waals surface area contributed by atoms with E-state index in [2.05, 4.69) is 16.0 Å². The lowest BCUT2D eigenvalue weighted by atomic mass is 10.2. The van der Waals surface area contributed by atoms with E-state index in [4.69, 9.17) is 12.2 Å². The summed E-state index contributed by atoms with van der Waals surface area (Å²) in [4.78, 5) is 11.7. The van der Waals surface area contributed by atoms with Crippen molar-refractivity contribution in [1.29, 1.82) is 0 Å². The van der Waals surface area contributed by atoms with Gasteiger partial charge in [-0.05, 0) is 45.8 Å². The molecule has 1 atom stereocenters. The van der Waals surface area contributed by atoms with Crippen LogP contribution in [-0.4, -0.2) is 29.1 Å². The number of hydrogen-bond donors (Lipinski definition) is 3. The number of rotatable bonds is 4. The standard InChI is InChI=1S/C12H23N3OS/c1-8(2)13-11(16)9(3)14-12(17)15-10-6-4-5-7-10/h8-10H,4-7H2,1-3H3,(H,13,16)(H2,14,15,17). The fourth-order valence-electron chi connectivity index (χ4n) is 1.97. The van der Waals surface area contributed by atoms with Crippen LogP contribution in [0.3, 0.4) is 0 Å². The number of carbonyl (C=O) groups is 1. The van der Waals surface area contributed by atoms with E-state index in [1.165, 1.54) is 25.7 Å². The first-order valence-corrected chi connectivity index (χ1v) is 6.77. The summed E-state index contributed by atoms with van der Waals surface area (Å²) in [6, 6.07) is 0.345. The van der Waals surface area contributed by atoms with E-state index in [-0.39, 0.29) is 18.0 Å². The molecule has 0 aromatic heterocycles. The molecule has 1 unspecified atom stereocenters. The minimum Gasteiger partial charge on any atom is -0.360 e. The average molecular weight is 257 g/mol. The number of nitrogens with one attached hydrogen (secondary N) is 3. The van der Waals surface area contributed by atoms with E-state index >= 15 is 0 Å². The van der Waals surface area contributed by atoms with Gasteiger partial charge < -0.3 is 16.0 Å². The third-order valence-electron chi connectivity index (χ3n) is 2.86. The lowest BCUT2D eigenvalue weighted by Gasteiger charge is -2.20. The van der Waals surface area contributed by atoms with Gasteiger partial charge in [0.05, 0.1) is 0 Å². The summed E-state index contributed by atoms with van der Waals surface area (Å²) in [5, 5.41) is 9.72. The monoisotopic (exact) mass is 257 g/mol. The quantitative estimate of drug-likeness (QED) is 0.665. The predicted octanol–water partition coefficient (Wildman–Crippen LogP) is 1.31. The van der Waals surface area contributed by atoms with Gasteiger partial charge in [0.15, 0.2) is 5.11 Å². The van der Waals surface area contributed by atoms with Crippen LogP contribution in [0.2, 0.25) is 0 Å². The van der Waals surface area contributed by atoms with Crippen molar-refractivity contribution in [2.45, 2.75) is 64.6 Å². The van der Waals surface area contributed by atoms with E-state index in [1.54, 1.807) is 0 Å². The van der Waals surface area contributed by atoms with Gasteiger partial charge in [-0.15, -0.1) is 0 Å². The Morgan fingerprint density at radius 2 is 1.76 bits per heavy atom. The molecular weight excluding hydrogens is 234 g/mol. The Bertz CT molecular complexity index is 275. The zero-order chi connectivity index (χ0) is 12.8. The molecule has 1 fully saturated rings. The fourth-order valence-corrected chi connectivity index (χ4v) is 2.31. The van der Waals surface area contributed by atoms with Crippen molar-refractivity contribution >= 4 is 23.2 Å². The highest BCUT2D eigenvalue weighted by Gasteiger charge is 2.18. The molecule has 1 aliphatic carbocycles. The smallest absolute Gasteiger partial charge is 0.242 e. The van der Waals surface area contributed by atoms with Crippen molar-refractivity contribution in [1.82, 2.24) is 16.0 Å². The van der Waals surface area contributed by atoms with E-state index < -0.39 is 0 Å². The molecule has 0 aliphatic heterocycles. The molecule has 1 saturated carbocycles. The Hall–Kier alpha value is -0.840. The second-order valence-electron chi connectivity index (χ2n) is 4.98. The van der Waals surface area contributed by atoms with Crippen LogP contribution < -0.4 is 16.0 Å². The molecular formula is C12H23N3OS. The Balaban J connectivity index is 2.26. The highest BCUT2D eigenvalue weighted by Crippen LogP contribution is 2.17. The number of hydrogen-bond acceptors (Lipinski definition) is 2. The van der Waals surface area contributed by atoms with Gasteiger partial charge in [-0.3, -0.25) is 4.79 Å². The first kappa shape index (κ1) is 14.2. The van der Waals surface area contributed by atoms with Crippen LogP contribution in [0, 0.1) is 0 Å². The van der Waals surface area contributed by atoms with Crippen molar-refractivity contribution in [3.8, 4) is 0 Å². The Labute approximate surface area is 109 Å². The van der Waals surface area contributed by atoms with Gasteiger partial charge in [-0.25, -0.2) is 0 Å². The minimum atomic E-state index is -0.293. The third-order valence-corrected chi connectivity index (χ3v) is 3.10. The van der Waals surface area contributed by atoms with Gasteiger partial charge in [0.2, 0.25) is 5.91 Å². The molecule has 3 N–H and O–H groups in total. The van der Waals surface area contributed by atoms with Crippen molar-refractivity contribution in [3.63, 3.8) is 0 Å². The molecule has 4 nitrogen and oxygen atoms in total. The first-order chi connectivity index (χ1) is 7.99. The molecule has 5 heteroatoms. The SMILES string of the molecule is CC(C)NC(=O)C(C)NC(=S)NC1CCCC1. The molecule has 1 aliphatic rings. The van der Waals surface area contributed by atoms with E-state index in [0.29, 0.717) is 11.2 Å². The summed E-state index contributed by atoms with van der Waals surface area (Å²) in [7, 11) is 0. The molecule has 0 bridgehead atoms. The second-order valence-corrected chi connectivity index (χ2v) is 5.39. The Morgan fingerprint density at radius 1 is 1.18 bits per heavy atom. The van der Waals surface area contributed by atoms with E-state index in [9.17, 15) is 4.79 Å². The van der Waals surface area contributed by atoms with Gasteiger partial charge in [0.1, 0.15) is 6.04 Å². The normalized spacial score (nSPS) is 17.9. The molecule has 0 aromatic carbocycles. The maximum atomic E-state index is 11.7. The molecule has 17 heavy (non-hydrogen) atoms. The van der Waals surface area contributed by atoms with Crippen LogP contribution in [0.25, 0.3) is 0 Å². The van der Waals surface area contributed by atoms with Gasteiger partial charge >= 0.3 is 0 Å². The molecule has 0 heterocycles. The summed E-state index contributed by atoms with van der Waals surface area (Å²) in [5.41, 5.74) is 0. The van der Waals surface area contributed by atoms with Gasteiger partial charge in [-0.2, -0.15) is 0 Å². The molecule has 0 radical (unpaired) electrons. The molecule has 1 rings (SSSR count). The van der Waals surface area contributed by atoms with E-state index in [1.807, 2.05) is 20.8 Å². The highest BCUT2D eigenvalue weighted by molar-refractivity contribution is 7.80. The van der Waals surface area contributed by atoms with Crippen molar-refractivity contribution in [2.75, 3.05) is 0 Å².